The first-order valence-corrected chi connectivity index (χ1v) is 7.71. The number of thioether (sulfide) groups is 1. The third-order valence-corrected chi connectivity index (χ3v) is 5.05. The maximum absolute atomic E-state index is 11.4. The number of carboxylic acids is 1. The number of hydrogen-bond donors (Lipinski definition) is 1. The summed E-state index contributed by atoms with van der Waals surface area (Å²) in [6.45, 7) is 11.0. The normalized spacial score (nSPS) is 10.0. The first kappa shape index (κ1) is 14.4. The first-order valence-electron chi connectivity index (χ1n) is 5.66. The molecule has 0 saturated carbocycles. The number of hydrogen-bond acceptors (Lipinski definition) is 3. The van der Waals surface area contributed by atoms with Crippen molar-refractivity contribution in [3.63, 3.8) is 0 Å². The molecule has 3 nitrogen and oxygen atoms in total. The summed E-state index contributed by atoms with van der Waals surface area (Å²) in [5.41, 5.74) is 2.63. The van der Waals surface area contributed by atoms with E-state index in [0.29, 0.717) is 11.3 Å². The van der Waals surface area contributed by atoms with E-state index in [9.17, 15) is 9.90 Å². The highest BCUT2D eigenvalue weighted by Crippen LogP contribution is 2.47. The molecular formula is C15H11NO2S2. The lowest BCUT2D eigenvalue weighted by Gasteiger charge is -2.03. The lowest BCUT2D eigenvalue weighted by molar-refractivity contribution is 0.0703. The lowest BCUT2D eigenvalue weighted by atomic mass is 10.0. The molecule has 5 heteroatoms. The van der Waals surface area contributed by atoms with Crippen molar-refractivity contribution in [2.45, 2.75) is 4.21 Å². The lowest BCUT2D eigenvalue weighted by Crippen LogP contribution is -1.94. The third-order valence-electron chi connectivity index (χ3n) is 2.78. The van der Waals surface area contributed by atoms with E-state index < -0.39 is 5.97 Å². The van der Waals surface area contributed by atoms with Crippen molar-refractivity contribution in [3.8, 4) is 11.1 Å². The van der Waals surface area contributed by atoms with E-state index in [1.807, 2.05) is 30.5 Å². The van der Waals surface area contributed by atoms with Gasteiger partial charge in [0, 0.05) is 5.56 Å². The summed E-state index contributed by atoms with van der Waals surface area (Å²) in [4.78, 5) is 15.1. The van der Waals surface area contributed by atoms with Crippen LogP contribution >= 0.6 is 23.1 Å². The Morgan fingerprint density at radius 2 is 2.10 bits per heavy atom. The molecule has 0 radical (unpaired) electrons. The van der Waals surface area contributed by atoms with Crippen LogP contribution in [0, 0.1) is 6.57 Å². The van der Waals surface area contributed by atoms with Crippen LogP contribution in [0.3, 0.4) is 0 Å². The third kappa shape index (κ3) is 2.48. The van der Waals surface area contributed by atoms with E-state index in [1.54, 1.807) is 6.08 Å². The maximum atomic E-state index is 11.4. The Bertz CT molecular complexity index is 709. The highest BCUT2D eigenvalue weighted by molar-refractivity contribution is 8.00. The highest BCUT2D eigenvalue weighted by atomic mass is 32.2. The molecule has 0 atom stereocenters. The zero-order valence-electron chi connectivity index (χ0n) is 10.7. The molecule has 0 fully saturated rings. The van der Waals surface area contributed by atoms with Crippen molar-refractivity contribution in [1.82, 2.24) is 0 Å². The molecular weight excluding hydrogens is 290 g/mol. The summed E-state index contributed by atoms with van der Waals surface area (Å²) in [6, 6.07) is 7.37. The summed E-state index contributed by atoms with van der Waals surface area (Å²) in [6.07, 6.45) is 3.56. The molecule has 0 spiro atoms. The van der Waals surface area contributed by atoms with Gasteiger partial charge in [0.05, 0.1) is 10.8 Å². The molecule has 0 aliphatic rings. The minimum Gasteiger partial charge on any atom is -0.477 e. The average molecular weight is 301 g/mol. The fourth-order valence-corrected chi connectivity index (χ4v) is 3.60. The second-order valence-corrected chi connectivity index (χ2v) is 5.98. The Labute approximate surface area is 125 Å². The van der Waals surface area contributed by atoms with E-state index in [1.165, 1.54) is 11.8 Å². The largest absolute Gasteiger partial charge is 0.477 e. The standard InChI is InChI=1S/C15H11NO2S2/c1-4-9-5-7-10(8-6-9)11-12(16-2)15(19-3)20-13(11)14(17)18/h4-8H,1H2,3H3,(H,17,18). The predicted molar refractivity (Wildman–Crippen MR) is 84.8 cm³/mol. The van der Waals surface area contributed by atoms with Crippen molar-refractivity contribution in [3.05, 3.63) is 52.7 Å². The summed E-state index contributed by atoms with van der Waals surface area (Å²) >= 11 is 2.55. The van der Waals surface area contributed by atoms with Gasteiger partial charge in [-0.05, 0) is 17.4 Å². The van der Waals surface area contributed by atoms with Crippen molar-refractivity contribution in [2.75, 3.05) is 6.26 Å². The molecule has 1 heterocycles. The van der Waals surface area contributed by atoms with Crippen LogP contribution in [0.4, 0.5) is 5.69 Å². The van der Waals surface area contributed by atoms with Crippen molar-refractivity contribution in [2.24, 2.45) is 0 Å². The highest BCUT2D eigenvalue weighted by Gasteiger charge is 2.23. The molecule has 0 unspecified atom stereocenters. The SMILES string of the molecule is [C-]#[N+]c1c(SC)sc(C(=O)O)c1-c1ccc(C=C)cc1. The van der Waals surface area contributed by atoms with Crippen molar-refractivity contribution < 1.29 is 9.90 Å². The average Bonchev–Trinajstić information content (AvgIpc) is 2.86. The van der Waals surface area contributed by atoms with E-state index in [4.69, 9.17) is 6.57 Å². The minimum atomic E-state index is -0.997. The van der Waals surface area contributed by atoms with Crippen LogP contribution in [0.15, 0.2) is 35.1 Å². The maximum Gasteiger partial charge on any atom is 0.345 e. The molecule has 2 rings (SSSR count). The molecule has 20 heavy (non-hydrogen) atoms. The second kappa shape index (κ2) is 5.95. The van der Waals surface area contributed by atoms with Gasteiger partial charge in [0.1, 0.15) is 4.88 Å². The molecule has 2 aromatic rings. The smallest absolute Gasteiger partial charge is 0.345 e. The number of aromatic carboxylic acids is 1. The molecule has 1 aromatic heterocycles. The summed E-state index contributed by atoms with van der Waals surface area (Å²) in [5.74, 6) is -0.997. The quantitative estimate of drug-likeness (QED) is 0.636. The zero-order chi connectivity index (χ0) is 14.7. The fraction of sp³-hybridized carbons (Fsp3) is 0.0667. The Kier molecular flexibility index (Phi) is 4.28. The van der Waals surface area contributed by atoms with Gasteiger partial charge in [0.15, 0.2) is 0 Å². The van der Waals surface area contributed by atoms with Gasteiger partial charge < -0.3 is 5.11 Å². The molecule has 0 aliphatic heterocycles. The number of nitrogens with zero attached hydrogens (tertiary/aromatic N) is 1. The van der Waals surface area contributed by atoms with Gasteiger partial charge in [-0.2, -0.15) is 0 Å². The molecule has 1 N–H and O–H groups in total. The minimum absolute atomic E-state index is 0.215. The Hall–Kier alpha value is -2.03. The zero-order valence-corrected chi connectivity index (χ0v) is 12.3. The molecule has 0 amide bonds. The Morgan fingerprint density at radius 1 is 1.45 bits per heavy atom. The number of rotatable bonds is 4. The van der Waals surface area contributed by atoms with Gasteiger partial charge in [-0.1, -0.05) is 36.9 Å². The molecule has 100 valence electrons. The van der Waals surface area contributed by atoms with Gasteiger partial charge in [-0.15, -0.1) is 23.1 Å². The molecule has 0 aliphatic carbocycles. The number of carboxylic acid groups (broad SMARTS) is 1. The molecule has 0 bridgehead atoms. The van der Waals surface area contributed by atoms with Gasteiger partial charge in [-0.25, -0.2) is 9.64 Å². The summed E-state index contributed by atoms with van der Waals surface area (Å²) in [5, 5.41) is 9.34. The van der Waals surface area contributed by atoms with Crippen LogP contribution in [0.2, 0.25) is 0 Å². The van der Waals surface area contributed by atoms with Crippen LogP contribution in [0.25, 0.3) is 22.0 Å². The van der Waals surface area contributed by atoms with Crippen molar-refractivity contribution >= 4 is 40.8 Å². The number of carbonyl (C=O) groups is 1. The van der Waals surface area contributed by atoms with Crippen LogP contribution in [0.5, 0.6) is 0 Å². The van der Waals surface area contributed by atoms with Gasteiger partial charge in [-0.3, -0.25) is 0 Å². The molecule has 0 saturated heterocycles. The second-order valence-electron chi connectivity index (χ2n) is 3.89. The summed E-state index contributed by atoms with van der Waals surface area (Å²) < 4.78 is 0.736. The van der Waals surface area contributed by atoms with E-state index in [0.717, 1.165) is 26.7 Å². The van der Waals surface area contributed by atoms with Gasteiger partial charge >= 0.3 is 5.97 Å². The van der Waals surface area contributed by atoms with E-state index >= 15 is 0 Å². The first-order chi connectivity index (χ1) is 9.62. The monoisotopic (exact) mass is 301 g/mol. The molecule has 1 aromatic carbocycles. The number of benzene rings is 1. The fourth-order valence-electron chi connectivity index (χ4n) is 1.85. The van der Waals surface area contributed by atoms with Crippen LogP contribution in [-0.4, -0.2) is 17.3 Å². The predicted octanol–water partition coefficient (Wildman–Crippen LogP) is 5.03. The number of thiophene rings is 1. The van der Waals surface area contributed by atoms with E-state index in [-0.39, 0.29) is 4.88 Å². The van der Waals surface area contributed by atoms with E-state index in [2.05, 4.69) is 11.4 Å². The van der Waals surface area contributed by atoms with Crippen LogP contribution in [0.1, 0.15) is 15.2 Å². The van der Waals surface area contributed by atoms with Crippen molar-refractivity contribution in [1.29, 1.82) is 0 Å². The Morgan fingerprint density at radius 3 is 2.55 bits per heavy atom. The summed E-state index contributed by atoms with van der Waals surface area (Å²) in [7, 11) is 0. The van der Waals surface area contributed by atoms with Gasteiger partial charge in [0.25, 0.3) is 0 Å². The van der Waals surface area contributed by atoms with Crippen LogP contribution < -0.4 is 0 Å². The van der Waals surface area contributed by atoms with Crippen LogP contribution in [-0.2, 0) is 0 Å². The Balaban J connectivity index is 2.70. The topological polar surface area (TPSA) is 41.7 Å². The van der Waals surface area contributed by atoms with Gasteiger partial charge in [0.2, 0.25) is 5.69 Å².